The molecule has 1 nitrogen and oxygen atoms in total. The Hall–Kier alpha value is -2.19. The summed E-state index contributed by atoms with van der Waals surface area (Å²) in [6.07, 6.45) is 0. The molecule has 0 aromatic heterocycles. The zero-order chi connectivity index (χ0) is 14.1. The Bertz CT molecular complexity index is 777. The normalized spacial score (nSPS) is 10.9. The Labute approximate surface area is 117 Å². The van der Waals surface area contributed by atoms with Crippen molar-refractivity contribution in [1.82, 2.24) is 0 Å². The number of aliphatic hydroxyl groups excluding tert-OH is 1. The summed E-state index contributed by atoms with van der Waals surface area (Å²) in [5.41, 5.74) is 3.41. The standard InChI is InChI=1S/C18H15FO/c1-12-2-7-18(19)17(8-12)16-6-5-14-9-13(11-20)3-4-15(14)10-16/h2-10,20H,11H2,1H3. The van der Waals surface area contributed by atoms with Crippen LogP contribution in [0.2, 0.25) is 0 Å². The van der Waals surface area contributed by atoms with Crippen LogP contribution in [-0.4, -0.2) is 5.11 Å². The lowest BCUT2D eigenvalue weighted by molar-refractivity contribution is 0.282. The van der Waals surface area contributed by atoms with Crippen LogP contribution in [0.4, 0.5) is 4.39 Å². The van der Waals surface area contributed by atoms with Crippen LogP contribution in [0.5, 0.6) is 0 Å². The summed E-state index contributed by atoms with van der Waals surface area (Å²) < 4.78 is 13.9. The molecule has 0 aliphatic heterocycles. The topological polar surface area (TPSA) is 20.2 Å². The van der Waals surface area contributed by atoms with Gasteiger partial charge in [-0.25, -0.2) is 4.39 Å². The molecule has 0 saturated carbocycles. The van der Waals surface area contributed by atoms with E-state index in [2.05, 4.69) is 0 Å². The number of halogens is 1. The van der Waals surface area contributed by atoms with Gasteiger partial charge in [0.05, 0.1) is 6.61 Å². The summed E-state index contributed by atoms with van der Waals surface area (Å²) in [5, 5.41) is 11.2. The maximum atomic E-state index is 13.9. The Morgan fingerprint density at radius 3 is 2.45 bits per heavy atom. The third kappa shape index (κ3) is 2.30. The van der Waals surface area contributed by atoms with Gasteiger partial charge in [0.25, 0.3) is 0 Å². The van der Waals surface area contributed by atoms with Gasteiger partial charge in [0.1, 0.15) is 5.82 Å². The highest BCUT2D eigenvalue weighted by Gasteiger charge is 2.06. The number of aliphatic hydroxyl groups is 1. The minimum atomic E-state index is -0.207. The Morgan fingerprint density at radius 2 is 1.65 bits per heavy atom. The molecule has 0 radical (unpaired) electrons. The molecule has 20 heavy (non-hydrogen) atoms. The smallest absolute Gasteiger partial charge is 0.131 e. The minimum absolute atomic E-state index is 0.0319. The van der Waals surface area contributed by atoms with Crippen LogP contribution in [0.15, 0.2) is 54.6 Å². The molecule has 0 aliphatic rings. The van der Waals surface area contributed by atoms with Gasteiger partial charge in [0.15, 0.2) is 0 Å². The molecule has 0 bridgehead atoms. The first-order chi connectivity index (χ1) is 9.67. The molecule has 0 heterocycles. The van der Waals surface area contributed by atoms with Gasteiger partial charge in [0.2, 0.25) is 0 Å². The molecule has 3 aromatic rings. The maximum absolute atomic E-state index is 13.9. The summed E-state index contributed by atoms with van der Waals surface area (Å²) in [7, 11) is 0. The van der Waals surface area contributed by atoms with Crippen LogP contribution in [0, 0.1) is 12.7 Å². The number of fused-ring (bicyclic) bond motifs is 1. The van der Waals surface area contributed by atoms with Gasteiger partial charge in [-0.05, 0) is 53.1 Å². The van der Waals surface area contributed by atoms with E-state index in [1.54, 1.807) is 6.07 Å². The molecule has 2 heteroatoms. The summed E-state index contributed by atoms with van der Waals surface area (Å²) in [5.74, 6) is -0.207. The number of benzene rings is 3. The van der Waals surface area contributed by atoms with E-state index in [0.717, 1.165) is 27.5 Å². The Kier molecular flexibility index (Phi) is 3.25. The predicted octanol–water partition coefficient (Wildman–Crippen LogP) is 4.45. The summed E-state index contributed by atoms with van der Waals surface area (Å²) in [6, 6.07) is 16.8. The fourth-order valence-electron chi connectivity index (χ4n) is 2.42. The highest BCUT2D eigenvalue weighted by atomic mass is 19.1. The molecule has 0 atom stereocenters. The van der Waals surface area contributed by atoms with E-state index >= 15 is 0 Å². The van der Waals surface area contributed by atoms with E-state index in [1.807, 2.05) is 49.4 Å². The van der Waals surface area contributed by atoms with Crippen molar-refractivity contribution in [2.45, 2.75) is 13.5 Å². The van der Waals surface area contributed by atoms with Crippen LogP contribution < -0.4 is 0 Å². The van der Waals surface area contributed by atoms with Gasteiger partial charge < -0.3 is 5.11 Å². The molecule has 0 unspecified atom stereocenters. The van der Waals surface area contributed by atoms with Gasteiger partial charge in [-0.1, -0.05) is 35.9 Å². The summed E-state index contributed by atoms with van der Waals surface area (Å²) in [6.45, 7) is 1.99. The lowest BCUT2D eigenvalue weighted by atomic mass is 9.98. The maximum Gasteiger partial charge on any atom is 0.131 e. The second-order valence-electron chi connectivity index (χ2n) is 5.04. The van der Waals surface area contributed by atoms with E-state index in [0.29, 0.717) is 5.56 Å². The molecule has 0 spiro atoms. The van der Waals surface area contributed by atoms with Crippen molar-refractivity contribution in [3.8, 4) is 11.1 Å². The Morgan fingerprint density at radius 1 is 0.900 bits per heavy atom. The molecule has 0 amide bonds. The van der Waals surface area contributed by atoms with Gasteiger partial charge >= 0.3 is 0 Å². The largest absolute Gasteiger partial charge is 0.392 e. The first-order valence-corrected chi connectivity index (χ1v) is 6.57. The quantitative estimate of drug-likeness (QED) is 0.726. The molecular formula is C18H15FO. The van der Waals surface area contributed by atoms with Gasteiger partial charge in [0, 0.05) is 5.56 Å². The first-order valence-electron chi connectivity index (χ1n) is 6.57. The zero-order valence-corrected chi connectivity index (χ0v) is 11.2. The molecule has 3 rings (SSSR count). The van der Waals surface area contributed by atoms with Crippen LogP contribution in [-0.2, 0) is 6.61 Å². The molecule has 0 saturated heterocycles. The molecule has 0 fully saturated rings. The van der Waals surface area contributed by atoms with E-state index in [9.17, 15) is 4.39 Å². The number of rotatable bonds is 2. The van der Waals surface area contributed by atoms with E-state index in [4.69, 9.17) is 5.11 Å². The van der Waals surface area contributed by atoms with Crippen LogP contribution in [0.1, 0.15) is 11.1 Å². The number of aryl methyl sites for hydroxylation is 1. The van der Waals surface area contributed by atoms with Crippen molar-refractivity contribution in [1.29, 1.82) is 0 Å². The van der Waals surface area contributed by atoms with Crippen molar-refractivity contribution in [2.24, 2.45) is 0 Å². The first kappa shape index (κ1) is 12.8. The summed E-state index contributed by atoms with van der Waals surface area (Å²) >= 11 is 0. The number of hydrogen-bond acceptors (Lipinski definition) is 1. The third-order valence-corrected chi connectivity index (χ3v) is 3.52. The third-order valence-electron chi connectivity index (χ3n) is 3.52. The second-order valence-corrected chi connectivity index (χ2v) is 5.04. The Balaban J connectivity index is 2.15. The molecule has 3 aromatic carbocycles. The second kappa shape index (κ2) is 5.06. The van der Waals surface area contributed by atoms with E-state index in [-0.39, 0.29) is 12.4 Å². The zero-order valence-electron chi connectivity index (χ0n) is 11.2. The van der Waals surface area contributed by atoms with Crippen LogP contribution in [0.3, 0.4) is 0 Å². The molecular weight excluding hydrogens is 251 g/mol. The van der Waals surface area contributed by atoms with Crippen molar-refractivity contribution in [3.63, 3.8) is 0 Å². The van der Waals surface area contributed by atoms with Crippen molar-refractivity contribution < 1.29 is 9.50 Å². The molecule has 0 aliphatic carbocycles. The van der Waals surface area contributed by atoms with Crippen molar-refractivity contribution in [2.75, 3.05) is 0 Å². The molecule has 100 valence electrons. The van der Waals surface area contributed by atoms with E-state index in [1.165, 1.54) is 6.07 Å². The average Bonchev–Trinajstić information content (AvgIpc) is 2.48. The van der Waals surface area contributed by atoms with Gasteiger partial charge in [-0.3, -0.25) is 0 Å². The monoisotopic (exact) mass is 266 g/mol. The predicted molar refractivity (Wildman–Crippen MR) is 80.0 cm³/mol. The van der Waals surface area contributed by atoms with Crippen LogP contribution >= 0.6 is 0 Å². The fraction of sp³-hybridized carbons (Fsp3) is 0.111. The lowest BCUT2D eigenvalue weighted by Gasteiger charge is -2.07. The van der Waals surface area contributed by atoms with Crippen LogP contribution in [0.25, 0.3) is 21.9 Å². The van der Waals surface area contributed by atoms with Crippen molar-refractivity contribution >= 4 is 10.8 Å². The SMILES string of the molecule is Cc1ccc(F)c(-c2ccc3cc(CO)ccc3c2)c1. The van der Waals surface area contributed by atoms with Gasteiger partial charge in [-0.15, -0.1) is 0 Å². The minimum Gasteiger partial charge on any atom is -0.392 e. The number of hydrogen-bond donors (Lipinski definition) is 1. The highest BCUT2D eigenvalue weighted by molar-refractivity contribution is 5.88. The lowest BCUT2D eigenvalue weighted by Crippen LogP contribution is -1.87. The van der Waals surface area contributed by atoms with Gasteiger partial charge in [-0.2, -0.15) is 0 Å². The van der Waals surface area contributed by atoms with E-state index < -0.39 is 0 Å². The fourth-order valence-corrected chi connectivity index (χ4v) is 2.42. The average molecular weight is 266 g/mol. The van der Waals surface area contributed by atoms with Crippen molar-refractivity contribution in [3.05, 3.63) is 71.5 Å². The summed E-state index contributed by atoms with van der Waals surface area (Å²) in [4.78, 5) is 0. The highest BCUT2D eigenvalue weighted by Crippen LogP contribution is 2.28. The molecule has 1 N–H and O–H groups in total.